The van der Waals surface area contributed by atoms with Gasteiger partial charge in [-0.3, -0.25) is 4.79 Å². The Balaban J connectivity index is 1.65. The summed E-state index contributed by atoms with van der Waals surface area (Å²) in [5.41, 5.74) is 9.96. The maximum Gasteiger partial charge on any atom is 0.275 e. The maximum absolute atomic E-state index is 13.0. The fraction of sp³-hybridized carbons (Fsp3) is 0.115. The number of aromatic nitrogens is 2. The van der Waals surface area contributed by atoms with Gasteiger partial charge in [0.25, 0.3) is 5.91 Å². The van der Waals surface area contributed by atoms with Crippen LogP contribution in [0.2, 0.25) is 0 Å². The molecule has 0 bridgehead atoms. The predicted molar refractivity (Wildman–Crippen MR) is 125 cm³/mol. The van der Waals surface area contributed by atoms with E-state index in [1.807, 2.05) is 74.5 Å². The van der Waals surface area contributed by atoms with Crippen LogP contribution in [-0.2, 0) is 0 Å². The number of nitrogens with one attached hydrogen (secondary N) is 1. The molecule has 0 aliphatic carbocycles. The number of nitrogens with zero attached hydrogens (tertiary/aromatic N) is 3. The Hall–Kier alpha value is -3.99. The average molecular weight is 409 g/mol. The second-order valence-corrected chi connectivity index (χ2v) is 7.55. The van der Waals surface area contributed by atoms with E-state index in [2.05, 4.69) is 34.7 Å². The van der Waals surface area contributed by atoms with E-state index in [1.54, 1.807) is 17.1 Å². The monoisotopic (exact) mass is 408 g/mol. The molecule has 0 fully saturated rings. The summed E-state index contributed by atoms with van der Waals surface area (Å²) < 4.78 is 1.72. The molecule has 0 spiro atoms. The van der Waals surface area contributed by atoms with E-state index in [-0.39, 0.29) is 5.91 Å². The van der Waals surface area contributed by atoms with Gasteiger partial charge in [0, 0.05) is 17.3 Å². The SMILES string of the molecule is Cc1cc(C)c(/C=N\NC(=O)c2cn(-c3ccccc3)nc2-c2ccccc2)c(C)c1. The normalized spacial score (nSPS) is 11.1. The Morgan fingerprint density at radius 3 is 2.19 bits per heavy atom. The highest BCUT2D eigenvalue weighted by atomic mass is 16.2. The first-order chi connectivity index (χ1) is 15.0. The van der Waals surface area contributed by atoms with Crippen molar-refractivity contribution in [3.05, 3.63) is 107 Å². The number of carbonyl (C=O) groups excluding carboxylic acids is 1. The molecule has 1 amide bonds. The van der Waals surface area contributed by atoms with Gasteiger partial charge in [-0.25, -0.2) is 10.1 Å². The molecule has 1 heterocycles. The van der Waals surface area contributed by atoms with E-state index in [1.165, 1.54) is 5.56 Å². The van der Waals surface area contributed by atoms with Gasteiger partial charge in [0.1, 0.15) is 5.69 Å². The van der Waals surface area contributed by atoms with Gasteiger partial charge in [-0.1, -0.05) is 66.2 Å². The molecule has 0 saturated carbocycles. The number of carbonyl (C=O) groups is 1. The molecule has 0 aliphatic rings. The van der Waals surface area contributed by atoms with Gasteiger partial charge in [0.15, 0.2) is 0 Å². The van der Waals surface area contributed by atoms with Gasteiger partial charge in [0.05, 0.1) is 17.5 Å². The van der Waals surface area contributed by atoms with E-state index in [9.17, 15) is 4.79 Å². The topological polar surface area (TPSA) is 59.3 Å². The van der Waals surface area contributed by atoms with Gasteiger partial charge in [0.2, 0.25) is 0 Å². The number of hydrogen-bond acceptors (Lipinski definition) is 3. The average Bonchev–Trinajstić information content (AvgIpc) is 3.22. The van der Waals surface area contributed by atoms with E-state index in [4.69, 9.17) is 0 Å². The Morgan fingerprint density at radius 2 is 1.55 bits per heavy atom. The van der Waals surface area contributed by atoms with Crippen molar-refractivity contribution in [1.29, 1.82) is 0 Å². The van der Waals surface area contributed by atoms with Crippen LogP contribution in [0.25, 0.3) is 16.9 Å². The van der Waals surface area contributed by atoms with Gasteiger partial charge < -0.3 is 0 Å². The van der Waals surface area contributed by atoms with Crippen molar-refractivity contribution in [2.24, 2.45) is 5.10 Å². The number of hydrazone groups is 1. The molecule has 4 aromatic rings. The van der Waals surface area contributed by atoms with E-state index < -0.39 is 0 Å². The molecule has 154 valence electrons. The molecular formula is C26H24N4O. The van der Waals surface area contributed by atoms with Crippen molar-refractivity contribution in [2.75, 3.05) is 0 Å². The molecule has 1 N–H and O–H groups in total. The van der Waals surface area contributed by atoms with Crippen LogP contribution in [0.1, 0.15) is 32.6 Å². The second kappa shape index (κ2) is 8.79. The molecule has 3 aromatic carbocycles. The smallest absolute Gasteiger partial charge is 0.267 e. The number of aryl methyl sites for hydroxylation is 3. The number of hydrogen-bond donors (Lipinski definition) is 1. The molecule has 5 heteroatoms. The Labute approximate surface area is 182 Å². The van der Waals surface area contributed by atoms with Crippen molar-refractivity contribution in [3.8, 4) is 16.9 Å². The highest BCUT2D eigenvalue weighted by Gasteiger charge is 2.18. The minimum Gasteiger partial charge on any atom is -0.267 e. The standard InChI is InChI=1S/C26H24N4O/c1-18-14-19(2)23(20(3)15-18)16-27-28-26(31)24-17-30(22-12-8-5-9-13-22)29-25(24)21-10-6-4-7-11-21/h4-17H,1-3H3,(H,28,31)/b27-16-. The summed E-state index contributed by atoms with van der Waals surface area (Å²) in [6, 6.07) is 23.6. The van der Waals surface area contributed by atoms with Crippen molar-refractivity contribution in [2.45, 2.75) is 20.8 Å². The zero-order chi connectivity index (χ0) is 21.8. The molecule has 0 radical (unpaired) electrons. The second-order valence-electron chi connectivity index (χ2n) is 7.55. The fourth-order valence-corrected chi connectivity index (χ4v) is 3.67. The summed E-state index contributed by atoms with van der Waals surface area (Å²) in [4.78, 5) is 13.0. The summed E-state index contributed by atoms with van der Waals surface area (Å²) in [7, 11) is 0. The lowest BCUT2D eigenvalue weighted by Gasteiger charge is -2.06. The third-order valence-electron chi connectivity index (χ3n) is 5.12. The van der Waals surface area contributed by atoms with E-state index >= 15 is 0 Å². The van der Waals surface area contributed by atoms with Crippen LogP contribution in [0.15, 0.2) is 84.1 Å². The summed E-state index contributed by atoms with van der Waals surface area (Å²) in [5, 5.41) is 8.90. The van der Waals surface area contributed by atoms with Gasteiger partial charge in [-0.2, -0.15) is 10.2 Å². The van der Waals surface area contributed by atoms with Crippen molar-refractivity contribution in [1.82, 2.24) is 15.2 Å². The van der Waals surface area contributed by atoms with Gasteiger partial charge in [-0.15, -0.1) is 0 Å². The van der Waals surface area contributed by atoms with Crippen LogP contribution in [0.5, 0.6) is 0 Å². The third kappa shape index (κ3) is 4.46. The quantitative estimate of drug-likeness (QED) is 0.363. The predicted octanol–water partition coefficient (Wildman–Crippen LogP) is 5.23. The third-order valence-corrected chi connectivity index (χ3v) is 5.12. The summed E-state index contributed by atoms with van der Waals surface area (Å²) >= 11 is 0. The Morgan fingerprint density at radius 1 is 0.935 bits per heavy atom. The Bertz CT molecular complexity index is 1220. The Kier molecular flexibility index (Phi) is 5.76. The molecule has 0 saturated heterocycles. The number of amides is 1. The van der Waals surface area contributed by atoms with Crippen LogP contribution in [0.4, 0.5) is 0 Å². The van der Waals surface area contributed by atoms with Crippen LogP contribution >= 0.6 is 0 Å². The van der Waals surface area contributed by atoms with E-state index in [0.29, 0.717) is 11.3 Å². The molecule has 5 nitrogen and oxygen atoms in total. The molecule has 4 rings (SSSR count). The van der Waals surface area contributed by atoms with Crippen LogP contribution in [0, 0.1) is 20.8 Å². The van der Waals surface area contributed by atoms with Gasteiger partial charge >= 0.3 is 0 Å². The number of benzene rings is 3. The zero-order valence-electron chi connectivity index (χ0n) is 17.8. The molecule has 0 atom stereocenters. The molecular weight excluding hydrogens is 384 g/mol. The lowest BCUT2D eigenvalue weighted by molar-refractivity contribution is 0.0955. The highest BCUT2D eigenvalue weighted by Crippen LogP contribution is 2.23. The molecule has 1 aromatic heterocycles. The summed E-state index contributed by atoms with van der Waals surface area (Å²) in [6.07, 6.45) is 3.44. The molecule has 0 aliphatic heterocycles. The first kappa shape index (κ1) is 20.3. The molecule has 31 heavy (non-hydrogen) atoms. The van der Waals surface area contributed by atoms with E-state index in [0.717, 1.165) is 27.9 Å². The van der Waals surface area contributed by atoms with Crippen LogP contribution < -0.4 is 5.43 Å². The zero-order valence-corrected chi connectivity index (χ0v) is 17.8. The molecule has 0 unspecified atom stereocenters. The van der Waals surface area contributed by atoms with Crippen molar-refractivity contribution in [3.63, 3.8) is 0 Å². The lowest BCUT2D eigenvalue weighted by Crippen LogP contribution is -2.18. The maximum atomic E-state index is 13.0. The largest absolute Gasteiger partial charge is 0.275 e. The lowest BCUT2D eigenvalue weighted by atomic mass is 10.0. The highest BCUT2D eigenvalue weighted by molar-refractivity contribution is 6.00. The summed E-state index contributed by atoms with van der Waals surface area (Å²) in [6.45, 7) is 6.15. The van der Waals surface area contributed by atoms with Crippen molar-refractivity contribution < 1.29 is 4.79 Å². The first-order valence-electron chi connectivity index (χ1n) is 10.1. The first-order valence-corrected chi connectivity index (χ1v) is 10.1. The van der Waals surface area contributed by atoms with Crippen molar-refractivity contribution >= 4 is 12.1 Å². The van der Waals surface area contributed by atoms with Crippen LogP contribution in [0.3, 0.4) is 0 Å². The minimum absolute atomic E-state index is 0.306. The summed E-state index contributed by atoms with van der Waals surface area (Å²) in [5.74, 6) is -0.306. The number of rotatable bonds is 5. The number of para-hydroxylation sites is 1. The van der Waals surface area contributed by atoms with Crippen LogP contribution in [-0.4, -0.2) is 21.9 Å². The fourth-order valence-electron chi connectivity index (χ4n) is 3.67. The minimum atomic E-state index is -0.306. The van der Waals surface area contributed by atoms with Gasteiger partial charge in [-0.05, 0) is 44.0 Å².